The number of fused-ring (bicyclic) bond motifs is 1. The van der Waals surface area contributed by atoms with E-state index >= 15 is 0 Å². The first-order valence-electron chi connectivity index (χ1n) is 7.09. The smallest absolute Gasteiger partial charge is 0.0809 e. The van der Waals surface area contributed by atoms with Crippen LogP contribution in [0.1, 0.15) is 45.7 Å². The van der Waals surface area contributed by atoms with Crippen LogP contribution in [0.4, 0.5) is 0 Å². The van der Waals surface area contributed by atoms with Crippen LogP contribution in [0.15, 0.2) is 23.7 Å². The number of thiophene rings is 1. The maximum atomic E-state index is 9.55. The summed E-state index contributed by atoms with van der Waals surface area (Å²) in [6.45, 7) is 8.88. The molecule has 0 aromatic carbocycles. The molecule has 2 aromatic heterocycles. The molecule has 2 heterocycles. The minimum atomic E-state index is 0.115. The van der Waals surface area contributed by atoms with Crippen LogP contribution in [0.5, 0.6) is 0 Å². The first-order chi connectivity index (χ1) is 9.39. The third kappa shape index (κ3) is 4.01. The topological polar surface area (TPSA) is 45.1 Å². The molecule has 0 aliphatic carbocycles. The van der Waals surface area contributed by atoms with Crippen LogP contribution in [0.25, 0.3) is 10.2 Å². The van der Waals surface area contributed by atoms with Crippen LogP contribution < -0.4 is 5.32 Å². The van der Waals surface area contributed by atoms with E-state index in [-0.39, 0.29) is 24.1 Å². The molecule has 2 aromatic rings. The predicted octanol–water partition coefficient (Wildman–Crippen LogP) is 3.74. The maximum Gasteiger partial charge on any atom is 0.0809 e. The van der Waals surface area contributed by atoms with Crippen molar-refractivity contribution in [2.75, 3.05) is 6.61 Å². The molecular formula is C16H24N2OS. The number of nitrogens with zero attached hydrogens (tertiary/aromatic N) is 1. The monoisotopic (exact) mass is 292 g/mol. The Kier molecular flexibility index (Phi) is 4.78. The second-order valence-electron chi connectivity index (χ2n) is 6.61. The quantitative estimate of drug-likeness (QED) is 0.882. The van der Waals surface area contributed by atoms with Crippen molar-refractivity contribution in [3.8, 4) is 0 Å². The molecule has 110 valence electrons. The largest absolute Gasteiger partial charge is 0.395 e. The molecule has 0 saturated heterocycles. The van der Waals surface area contributed by atoms with E-state index in [0.29, 0.717) is 0 Å². The van der Waals surface area contributed by atoms with E-state index in [2.05, 4.69) is 49.4 Å². The Morgan fingerprint density at radius 1 is 1.40 bits per heavy atom. The summed E-state index contributed by atoms with van der Waals surface area (Å²) in [5, 5.41) is 15.1. The van der Waals surface area contributed by atoms with Crippen molar-refractivity contribution >= 4 is 21.6 Å². The summed E-state index contributed by atoms with van der Waals surface area (Å²) in [5.41, 5.74) is 2.43. The predicted molar refractivity (Wildman–Crippen MR) is 86.1 cm³/mol. The Bertz CT molecular complexity index is 559. The van der Waals surface area contributed by atoms with Crippen molar-refractivity contribution in [2.24, 2.45) is 5.41 Å². The maximum absolute atomic E-state index is 9.55. The molecule has 0 aliphatic rings. The molecule has 0 fully saturated rings. The number of nitrogens with one attached hydrogen (secondary N) is 1. The van der Waals surface area contributed by atoms with Crippen molar-refractivity contribution in [3.05, 3.63) is 29.3 Å². The molecule has 0 amide bonds. The fourth-order valence-electron chi connectivity index (χ4n) is 2.46. The summed E-state index contributed by atoms with van der Waals surface area (Å²) in [6, 6.07) is 4.53. The molecule has 2 unspecified atom stereocenters. The number of hydrogen-bond donors (Lipinski definition) is 2. The normalized spacial score (nSPS) is 15.4. The zero-order valence-electron chi connectivity index (χ0n) is 12.7. The second kappa shape index (κ2) is 6.20. The van der Waals surface area contributed by atoms with E-state index in [1.165, 1.54) is 10.3 Å². The first kappa shape index (κ1) is 15.4. The standard InChI is InChI=1S/C16H24N2OS/c1-11(18-13(10-19)8-16(2,3)4)12-7-15-14(17-9-12)5-6-20-15/h5-7,9,11,13,18-19H,8,10H2,1-4H3. The van der Waals surface area contributed by atoms with Crippen molar-refractivity contribution in [1.29, 1.82) is 0 Å². The first-order valence-corrected chi connectivity index (χ1v) is 7.97. The van der Waals surface area contributed by atoms with Gasteiger partial charge in [0.1, 0.15) is 0 Å². The minimum Gasteiger partial charge on any atom is -0.395 e. The average Bonchev–Trinajstić information content (AvgIpc) is 2.83. The van der Waals surface area contributed by atoms with Gasteiger partial charge in [-0.1, -0.05) is 20.8 Å². The molecule has 0 bridgehead atoms. The van der Waals surface area contributed by atoms with Gasteiger partial charge in [-0.2, -0.15) is 0 Å². The molecule has 2 atom stereocenters. The molecule has 0 aliphatic heterocycles. The summed E-state index contributed by atoms with van der Waals surface area (Å²) >= 11 is 1.71. The van der Waals surface area contributed by atoms with Gasteiger partial charge in [-0.25, -0.2) is 0 Å². The molecule has 4 heteroatoms. The molecule has 0 saturated carbocycles. The van der Waals surface area contributed by atoms with Crippen LogP contribution in [0.3, 0.4) is 0 Å². The summed E-state index contributed by atoms with van der Waals surface area (Å²) in [4.78, 5) is 4.48. The molecule has 2 rings (SSSR count). The van der Waals surface area contributed by atoms with Crippen LogP contribution in [-0.4, -0.2) is 22.7 Å². The Morgan fingerprint density at radius 2 is 2.15 bits per heavy atom. The van der Waals surface area contributed by atoms with E-state index in [9.17, 15) is 5.11 Å². The number of pyridine rings is 1. The lowest BCUT2D eigenvalue weighted by Gasteiger charge is -2.28. The molecule has 0 radical (unpaired) electrons. The molecule has 0 spiro atoms. The van der Waals surface area contributed by atoms with Gasteiger partial charge in [0, 0.05) is 18.3 Å². The highest BCUT2D eigenvalue weighted by Gasteiger charge is 2.20. The zero-order chi connectivity index (χ0) is 14.8. The number of aliphatic hydroxyl groups is 1. The highest BCUT2D eigenvalue weighted by Crippen LogP contribution is 2.25. The summed E-state index contributed by atoms with van der Waals surface area (Å²) in [5.74, 6) is 0. The summed E-state index contributed by atoms with van der Waals surface area (Å²) in [7, 11) is 0. The molecule has 3 nitrogen and oxygen atoms in total. The summed E-state index contributed by atoms with van der Waals surface area (Å²) < 4.78 is 1.22. The Labute approximate surface area is 125 Å². The summed E-state index contributed by atoms with van der Waals surface area (Å²) in [6.07, 6.45) is 2.88. The number of aromatic nitrogens is 1. The second-order valence-corrected chi connectivity index (χ2v) is 7.55. The lowest BCUT2D eigenvalue weighted by Crippen LogP contribution is -2.37. The van der Waals surface area contributed by atoms with Crippen LogP contribution in [-0.2, 0) is 0 Å². The van der Waals surface area contributed by atoms with Crippen molar-refractivity contribution < 1.29 is 5.11 Å². The number of rotatable bonds is 5. The minimum absolute atomic E-state index is 0.115. The Hall–Kier alpha value is -0.970. The molecule has 20 heavy (non-hydrogen) atoms. The van der Waals surface area contributed by atoms with Gasteiger partial charge in [0.25, 0.3) is 0 Å². The SMILES string of the molecule is CC(NC(CO)CC(C)(C)C)c1cnc2ccsc2c1. The average molecular weight is 292 g/mol. The van der Waals surface area contributed by atoms with E-state index in [1.54, 1.807) is 11.3 Å². The lowest BCUT2D eigenvalue weighted by atomic mass is 9.88. The van der Waals surface area contributed by atoms with E-state index in [1.807, 2.05) is 12.3 Å². The van der Waals surface area contributed by atoms with Crippen LogP contribution in [0.2, 0.25) is 0 Å². The van der Waals surface area contributed by atoms with E-state index in [4.69, 9.17) is 0 Å². The van der Waals surface area contributed by atoms with Gasteiger partial charge in [-0.05, 0) is 41.8 Å². The van der Waals surface area contributed by atoms with Gasteiger partial charge < -0.3 is 10.4 Å². The van der Waals surface area contributed by atoms with E-state index < -0.39 is 0 Å². The zero-order valence-corrected chi connectivity index (χ0v) is 13.5. The van der Waals surface area contributed by atoms with Crippen molar-refractivity contribution in [2.45, 2.75) is 46.2 Å². The highest BCUT2D eigenvalue weighted by molar-refractivity contribution is 7.17. The Morgan fingerprint density at radius 3 is 2.80 bits per heavy atom. The highest BCUT2D eigenvalue weighted by atomic mass is 32.1. The van der Waals surface area contributed by atoms with Gasteiger partial charge >= 0.3 is 0 Å². The molecular weight excluding hydrogens is 268 g/mol. The fraction of sp³-hybridized carbons (Fsp3) is 0.562. The Balaban J connectivity index is 2.07. The van der Waals surface area contributed by atoms with Crippen molar-refractivity contribution in [1.82, 2.24) is 10.3 Å². The van der Waals surface area contributed by atoms with Crippen LogP contribution in [0, 0.1) is 5.41 Å². The van der Waals surface area contributed by atoms with Crippen molar-refractivity contribution in [3.63, 3.8) is 0 Å². The third-order valence-corrected chi connectivity index (χ3v) is 4.24. The van der Waals surface area contributed by atoms with Crippen LogP contribution >= 0.6 is 11.3 Å². The van der Waals surface area contributed by atoms with Gasteiger partial charge in [0.05, 0.1) is 16.8 Å². The van der Waals surface area contributed by atoms with Gasteiger partial charge in [-0.3, -0.25) is 4.98 Å². The van der Waals surface area contributed by atoms with Gasteiger partial charge in [0.2, 0.25) is 0 Å². The van der Waals surface area contributed by atoms with Gasteiger partial charge in [-0.15, -0.1) is 11.3 Å². The fourth-order valence-corrected chi connectivity index (χ4v) is 3.25. The third-order valence-electron chi connectivity index (χ3n) is 3.39. The number of hydrogen-bond acceptors (Lipinski definition) is 4. The lowest BCUT2D eigenvalue weighted by molar-refractivity contribution is 0.190. The molecule has 2 N–H and O–H groups in total. The van der Waals surface area contributed by atoms with Gasteiger partial charge in [0.15, 0.2) is 0 Å². The van der Waals surface area contributed by atoms with E-state index in [0.717, 1.165) is 11.9 Å². The number of aliphatic hydroxyl groups excluding tert-OH is 1.